The molecule has 0 amide bonds. The molecule has 0 aliphatic heterocycles. The standard InChI is InChI=1S/C15H19NO4/c1-3-19-15(17)14-10-11-9-12(5-6-13(11)16-14)20-8-4-7-18-2/h5-6,9-10,16H,3-4,7-8H2,1-2H3. The first kappa shape index (κ1) is 14.4. The van der Waals surface area contributed by atoms with E-state index in [2.05, 4.69) is 4.98 Å². The van der Waals surface area contributed by atoms with E-state index < -0.39 is 0 Å². The van der Waals surface area contributed by atoms with Crippen LogP contribution in [0.25, 0.3) is 10.9 Å². The van der Waals surface area contributed by atoms with Crippen LogP contribution in [0.5, 0.6) is 5.75 Å². The van der Waals surface area contributed by atoms with E-state index in [4.69, 9.17) is 14.2 Å². The van der Waals surface area contributed by atoms with E-state index in [0.717, 1.165) is 23.1 Å². The SMILES string of the molecule is CCOC(=O)c1cc2cc(OCCCOC)ccc2[nH]1. The topological polar surface area (TPSA) is 60.6 Å². The van der Waals surface area contributed by atoms with Crippen LogP contribution in [-0.4, -0.2) is 37.9 Å². The van der Waals surface area contributed by atoms with Crippen LogP contribution in [0.2, 0.25) is 0 Å². The summed E-state index contributed by atoms with van der Waals surface area (Å²) in [5.41, 5.74) is 1.34. The molecule has 2 rings (SSSR count). The highest BCUT2D eigenvalue weighted by molar-refractivity contribution is 5.95. The van der Waals surface area contributed by atoms with Crippen molar-refractivity contribution in [3.05, 3.63) is 30.0 Å². The predicted octanol–water partition coefficient (Wildman–Crippen LogP) is 2.76. The van der Waals surface area contributed by atoms with E-state index in [1.54, 1.807) is 20.1 Å². The first-order valence-electron chi connectivity index (χ1n) is 6.66. The number of aromatic nitrogens is 1. The zero-order chi connectivity index (χ0) is 14.4. The molecule has 0 bridgehead atoms. The average molecular weight is 277 g/mol. The van der Waals surface area contributed by atoms with Gasteiger partial charge in [-0.05, 0) is 31.2 Å². The van der Waals surface area contributed by atoms with Gasteiger partial charge in [-0.15, -0.1) is 0 Å². The molecule has 5 heteroatoms. The molecular formula is C15H19NO4. The van der Waals surface area contributed by atoms with E-state index in [9.17, 15) is 4.79 Å². The summed E-state index contributed by atoms with van der Waals surface area (Å²) in [4.78, 5) is 14.7. The lowest BCUT2D eigenvalue weighted by atomic mass is 10.2. The fourth-order valence-electron chi connectivity index (χ4n) is 1.91. The van der Waals surface area contributed by atoms with Crippen molar-refractivity contribution >= 4 is 16.9 Å². The number of H-pyrrole nitrogens is 1. The number of ether oxygens (including phenoxy) is 3. The molecule has 1 aromatic carbocycles. The number of methoxy groups -OCH3 is 1. The second-order valence-corrected chi connectivity index (χ2v) is 4.35. The van der Waals surface area contributed by atoms with Crippen LogP contribution in [0.3, 0.4) is 0 Å². The number of aromatic amines is 1. The number of esters is 1. The van der Waals surface area contributed by atoms with Crippen molar-refractivity contribution in [1.29, 1.82) is 0 Å². The molecule has 1 heterocycles. The Morgan fingerprint density at radius 3 is 2.85 bits per heavy atom. The van der Waals surface area contributed by atoms with Crippen LogP contribution in [0.1, 0.15) is 23.8 Å². The van der Waals surface area contributed by atoms with Crippen LogP contribution in [0.4, 0.5) is 0 Å². The molecule has 0 radical (unpaired) electrons. The van der Waals surface area contributed by atoms with Gasteiger partial charge in [-0.1, -0.05) is 0 Å². The lowest BCUT2D eigenvalue weighted by Crippen LogP contribution is -2.04. The van der Waals surface area contributed by atoms with Crippen molar-refractivity contribution in [2.24, 2.45) is 0 Å². The molecule has 0 saturated heterocycles. The molecule has 1 aromatic heterocycles. The highest BCUT2D eigenvalue weighted by Gasteiger charge is 2.10. The Kier molecular flexibility index (Phi) is 5.01. The third-order valence-electron chi connectivity index (χ3n) is 2.85. The summed E-state index contributed by atoms with van der Waals surface area (Å²) in [5, 5.41) is 0.928. The minimum Gasteiger partial charge on any atom is -0.493 e. The lowest BCUT2D eigenvalue weighted by Gasteiger charge is -2.05. The van der Waals surface area contributed by atoms with Gasteiger partial charge in [0.2, 0.25) is 0 Å². The van der Waals surface area contributed by atoms with Gasteiger partial charge in [-0.2, -0.15) is 0 Å². The van der Waals surface area contributed by atoms with Gasteiger partial charge in [-0.3, -0.25) is 0 Å². The molecule has 0 aliphatic rings. The number of nitrogens with one attached hydrogen (secondary N) is 1. The van der Waals surface area contributed by atoms with Crippen molar-refractivity contribution in [3.63, 3.8) is 0 Å². The van der Waals surface area contributed by atoms with Crippen LogP contribution >= 0.6 is 0 Å². The summed E-state index contributed by atoms with van der Waals surface area (Å²) in [6.07, 6.45) is 0.843. The zero-order valence-electron chi connectivity index (χ0n) is 11.8. The number of carbonyl (C=O) groups is 1. The summed E-state index contributed by atoms with van der Waals surface area (Å²) >= 11 is 0. The van der Waals surface area contributed by atoms with Gasteiger partial charge in [0.1, 0.15) is 11.4 Å². The Balaban J connectivity index is 2.07. The van der Waals surface area contributed by atoms with Crippen molar-refractivity contribution < 1.29 is 19.0 Å². The molecule has 20 heavy (non-hydrogen) atoms. The second kappa shape index (κ2) is 6.96. The van der Waals surface area contributed by atoms with E-state index in [1.807, 2.05) is 18.2 Å². The number of hydrogen-bond acceptors (Lipinski definition) is 4. The van der Waals surface area contributed by atoms with Gasteiger partial charge in [0, 0.05) is 31.0 Å². The Hall–Kier alpha value is -2.01. The molecule has 0 aliphatic carbocycles. The third kappa shape index (κ3) is 3.51. The summed E-state index contributed by atoms with van der Waals surface area (Å²) in [5.74, 6) is 0.439. The highest BCUT2D eigenvalue weighted by atomic mass is 16.5. The number of hydrogen-bond donors (Lipinski definition) is 1. The van der Waals surface area contributed by atoms with Crippen molar-refractivity contribution in [2.75, 3.05) is 26.9 Å². The average Bonchev–Trinajstić information content (AvgIpc) is 2.87. The first-order valence-corrected chi connectivity index (χ1v) is 6.66. The Morgan fingerprint density at radius 2 is 2.10 bits per heavy atom. The normalized spacial score (nSPS) is 10.7. The van der Waals surface area contributed by atoms with Gasteiger partial charge < -0.3 is 19.2 Å². The van der Waals surface area contributed by atoms with Gasteiger partial charge >= 0.3 is 5.97 Å². The number of benzene rings is 1. The van der Waals surface area contributed by atoms with Crippen LogP contribution < -0.4 is 4.74 Å². The summed E-state index contributed by atoms with van der Waals surface area (Å²) in [7, 11) is 1.67. The highest BCUT2D eigenvalue weighted by Crippen LogP contribution is 2.22. The van der Waals surface area contributed by atoms with Gasteiger partial charge in [0.25, 0.3) is 0 Å². The Morgan fingerprint density at radius 1 is 1.25 bits per heavy atom. The van der Waals surface area contributed by atoms with E-state index in [-0.39, 0.29) is 5.97 Å². The van der Waals surface area contributed by atoms with Crippen molar-refractivity contribution in [2.45, 2.75) is 13.3 Å². The van der Waals surface area contributed by atoms with Crippen molar-refractivity contribution in [1.82, 2.24) is 4.98 Å². The fraction of sp³-hybridized carbons (Fsp3) is 0.400. The molecule has 108 valence electrons. The minimum absolute atomic E-state index is 0.341. The van der Waals surface area contributed by atoms with Crippen LogP contribution in [-0.2, 0) is 9.47 Å². The zero-order valence-corrected chi connectivity index (χ0v) is 11.8. The van der Waals surface area contributed by atoms with Crippen LogP contribution in [0.15, 0.2) is 24.3 Å². The predicted molar refractivity (Wildman–Crippen MR) is 76.2 cm³/mol. The molecule has 1 N–H and O–H groups in total. The monoisotopic (exact) mass is 277 g/mol. The van der Waals surface area contributed by atoms with Gasteiger partial charge in [0.05, 0.1) is 13.2 Å². The van der Waals surface area contributed by atoms with Crippen LogP contribution in [0, 0.1) is 0 Å². The fourth-order valence-corrected chi connectivity index (χ4v) is 1.91. The molecule has 0 fully saturated rings. The minimum atomic E-state index is -0.341. The van der Waals surface area contributed by atoms with E-state index in [0.29, 0.717) is 25.5 Å². The lowest BCUT2D eigenvalue weighted by molar-refractivity contribution is 0.0520. The van der Waals surface area contributed by atoms with Gasteiger partial charge in [-0.25, -0.2) is 4.79 Å². The summed E-state index contributed by atoms with van der Waals surface area (Å²) in [6.45, 7) is 3.43. The Labute approximate surface area is 117 Å². The maximum absolute atomic E-state index is 11.6. The number of fused-ring (bicyclic) bond motifs is 1. The van der Waals surface area contributed by atoms with Gasteiger partial charge in [0.15, 0.2) is 0 Å². The molecule has 0 atom stereocenters. The number of rotatable bonds is 7. The molecule has 5 nitrogen and oxygen atoms in total. The second-order valence-electron chi connectivity index (χ2n) is 4.35. The smallest absolute Gasteiger partial charge is 0.354 e. The number of carbonyl (C=O) groups excluding carboxylic acids is 1. The van der Waals surface area contributed by atoms with E-state index >= 15 is 0 Å². The molecule has 0 unspecified atom stereocenters. The first-order chi connectivity index (χ1) is 9.74. The third-order valence-corrected chi connectivity index (χ3v) is 2.85. The molecular weight excluding hydrogens is 258 g/mol. The Bertz CT molecular complexity index is 576. The van der Waals surface area contributed by atoms with E-state index in [1.165, 1.54) is 0 Å². The summed E-state index contributed by atoms with van der Waals surface area (Å²) in [6, 6.07) is 7.45. The molecule has 0 saturated carbocycles. The maximum Gasteiger partial charge on any atom is 0.354 e. The molecule has 2 aromatic rings. The van der Waals surface area contributed by atoms with Crippen molar-refractivity contribution in [3.8, 4) is 5.75 Å². The largest absolute Gasteiger partial charge is 0.493 e. The molecule has 0 spiro atoms. The maximum atomic E-state index is 11.6. The quantitative estimate of drug-likeness (QED) is 0.624. The summed E-state index contributed by atoms with van der Waals surface area (Å²) < 4.78 is 15.6.